The second-order valence-corrected chi connectivity index (χ2v) is 3.99. The molecule has 0 aromatic heterocycles. The Morgan fingerprint density at radius 3 is 2.69 bits per heavy atom. The van der Waals surface area contributed by atoms with E-state index in [0.29, 0.717) is 19.1 Å². The Hall–Kier alpha value is -1.03. The van der Waals surface area contributed by atoms with Crippen LogP contribution in [0.3, 0.4) is 0 Å². The molecule has 2 N–H and O–H groups in total. The van der Waals surface area contributed by atoms with Gasteiger partial charge in [0.1, 0.15) is 0 Å². The molecule has 0 aromatic rings. The van der Waals surface area contributed by atoms with Crippen LogP contribution in [-0.4, -0.2) is 25.8 Å². The van der Waals surface area contributed by atoms with Gasteiger partial charge in [-0.25, -0.2) is 4.79 Å². The monoisotopic (exact) mass is 228 g/mol. The van der Waals surface area contributed by atoms with E-state index in [9.17, 15) is 4.79 Å². The number of hydrogen-bond acceptors (Lipinski definition) is 2. The van der Waals surface area contributed by atoms with Gasteiger partial charge in [-0.2, -0.15) is 0 Å². The molecule has 4 nitrogen and oxygen atoms in total. The Morgan fingerprint density at radius 2 is 2.12 bits per heavy atom. The summed E-state index contributed by atoms with van der Waals surface area (Å²) in [5.74, 6) is 0.457. The average Bonchev–Trinajstić information content (AvgIpc) is 2.25. The molecule has 0 fully saturated rings. The predicted molar refractivity (Wildman–Crippen MR) is 66.2 cm³/mol. The molecule has 2 amide bonds. The van der Waals surface area contributed by atoms with Gasteiger partial charge in [-0.3, -0.25) is 0 Å². The minimum Gasteiger partial charge on any atom is -0.382 e. The molecule has 0 heterocycles. The van der Waals surface area contributed by atoms with Gasteiger partial charge in [0.15, 0.2) is 0 Å². The van der Waals surface area contributed by atoms with Crippen LogP contribution in [0.15, 0.2) is 11.8 Å². The van der Waals surface area contributed by atoms with E-state index in [1.807, 2.05) is 13.8 Å². The molecular formula is C12H24N2O2. The number of carbonyl (C=O) groups is 1. The molecule has 0 bridgehead atoms. The zero-order valence-electron chi connectivity index (χ0n) is 10.8. The number of rotatable bonds is 7. The van der Waals surface area contributed by atoms with E-state index in [1.54, 1.807) is 6.20 Å². The van der Waals surface area contributed by atoms with Gasteiger partial charge >= 0.3 is 6.03 Å². The molecule has 0 unspecified atom stereocenters. The molecule has 0 aromatic carbocycles. The van der Waals surface area contributed by atoms with Gasteiger partial charge in [-0.05, 0) is 26.2 Å². The maximum atomic E-state index is 11.3. The van der Waals surface area contributed by atoms with Gasteiger partial charge in [-0.15, -0.1) is 0 Å². The van der Waals surface area contributed by atoms with Crippen molar-refractivity contribution in [2.24, 2.45) is 5.92 Å². The minimum absolute atomic E-state index is 0.156. The molecule has 0 aliphatic rings. The predicted octanol–water partition coefficient (Wildman–Crippen LogP) is 2.27. The van der Waals surface area contributed by atoms with E-state index in [2.05, 4.69) is 24.5 Å². The summed E-state index contributed by atoms with van der Waals surface area (Å²) in [7, 11) is 0. The quantitative estimate of drug-likeness (QED) is 0.657. The van der Waals surface area contributed by atoms with Crippen molar-refractivity contribution in [3.63, 3.8) is 0 Å². The maximum absolute atomic E-state index is 11.3. The lowest BCUT2D eigenvalue weighted by molar-refractivity contribution is 0.145. The Bertz CT molecular complexity index is 225. The number of carbonyl (C=O) groups excluding carboxylic acids is 1. The van der Waals surface area contributed by atoms with Gasteiger partial charge in [0.2, 0.25) is 0 Å². The fourth-order valence-corrected chi connectivity index (χ4v) is 0.918. The number of ether oxygens (including phenoxy) is 1. The molecule has 0 radical (unpaired) electrons. The van der Waals surface area contributed by atoms with Crippen molar-refractivity contribution in [3.8, 4) is 0 Å². The molecule has 94 valence electrons. The number of nitrogens with one attached hydrogen (secondary N) is 2. The smallest absolute Gasteiger partial charge is 0.318 e. The second-order valence-electron chi connectivity index (χ2n) is 3.99. The van der Waals surface area contributed by atoms with E-state index in [4.69, 9.17) is 4.74 Å². The molecule has 0 rings (SSSR count). The summed E-state index contributed by atoms with van der Waals surface area (Å²) in [5.41, 5.74) is 1.16. The van der Waals surface area contributed by atoms with Gasteiger partial charge in [0.25, 0.3) is 0 Å². The number of amides is 2. The highest BCUT2D eigenvalue weighted by Crippen LogP contribution is 2.05. The Morgan fingerprint density at radius 1 is 1.44 bits per heavy atom. The average molecular weight is 228 g/mol. The van der Waals surface area contributed by atoms with E-state index in [0.717, 1.165) is 18.6 Å². The van der Waals surface area contributed by atoms with Crippen LogP contribution in [0.2, 0.25) is 0 Å². The first-order valence-electron chi connectivity index (χ1n) is 5.86. The van der Waals surface area contributed by atoms with Crippen LogP contribution in [0, 0.1) is 5.92 Å². The summed E-state index contributed by atoms with van der Waals surface area (Å²) in [6, 6.07) is -0.156. The van der Waals surface area contributed by atoms with Gasteiger partial charge in [-0.1, -0.05) is 19.4 Å². The summed E-state index contributed by atoms with van der Waals surface area (Å²) in [6.07, 6.45) is 2.59. The highest BCUT2D eigenvalue weighted by atomic mass is 16.5. The summed E-state index contributed by atoms with van der Waals surface area (Å²) in [4.78, 5) is 11.3. The van der Waals surface area contributed by atoms with Crippen molar-refractivity contribution in [1.82, 2.24) is 10.6 Å². The van der Waals surface area contributed by atoms with Crippen LogP contribution in [0.1, 0.15) is 34.1 Å². The lowest BCUT2D eigenvalue weighted by Crippen LogP contribution is -2.33. The van der Waals surface area contributed by atoms with Crippen LogP contribution in [0.4, 0.5) is 4.79 Å². The zero-order chi connectivity index (χ0) is 12.4. The third kappa shape index (κ3) is 8.29. The zero-order valence-corrected chi connectivity index (χ0v) is 10.8. The molecule has 0 saturated carbocycles. The van der Waals surface area contributed by atoms with Crippen molar-refractivity contribution >= 4 is 6.03 Å². The van der Waals surface area contributed by atoms with Crippen molar-refractivity contribution < 1.29 is 9.53 Å². The Kier molecular flexibility index (Phi) is 8.62. The van der Waals surface area contributed by atoms with Crippen LogP contribution in [-0.2, 0) is 4.74 Å². The van der Waals surface area contributed by atoms with Gasteiger partial charge in [0, 0.05) is 26.0 Å². The molecule has 0 spiro atoms. The van der Waals surface area contributed by atoms with Crippen molar-refractivity contribution in [1.29, 1.82) is 0 Å². The Balaban J connectivity index is 3.56. The van der Waals surface area contributed by atoms with Gasteiger partial charge in [0.05, 0.1) is 0 Å². The molecule has 4 heteroatoms. The SMILES string of the molecule is CCOCCCNC(=O)N/C=C(\C)C(C)C. The van der Waals surface area contributed by atoms with Crippen LogP contribution >= 0.6 is 0 Å². The lowest BCUT2D eigenvalue weighted by atomic mass is 10.1. The third-order valence-corrected chi connectivity index (χ3v) is 2.30. The fourth-order valence-electron chi connectivity index (χ4n) is 0.918. The molecular weight excluding hydrogens is 204 g/mol. The maximum Gasteiger partial charge on any atom is 0.318 e. The third-order valence-electron chi connectivity index (χ3n) is 2.30. The highest BCUT2D eigenvalue weighted by molar-refractivity contribution is 5.74. The largest absolute Gasteiger partial charge is 0.382 e. The van der Waals surface area contributed by atoms with E-state index in [1.165, 1.54) is 0 Å². The first-order chi connectivity index (χ1) is 7.57. The van der Waals surface area contributed by atoms with Crippen LogP contribution in [0.25, 0.3) is 0 Å². The highest BCUT2D eigenvalue weighted by Gasteiger charge is 1.99. The summed E-state index contributed by atoms with van der Waals surface area (Å²) >= 11 is 0. The molecule has 0 saturated heterocycles. The molecule has 0 atom stereocenters. The molecule has 16 heavy (non-hydrogen) atoms. The summed E-state index contributed by atoms with van der Waals surface area (Å²) in [5, 5.41) is 5.46. The van der Waals surface area contributed by atoms with E-state index in [-0.39, 0.29) is 6.03 Å². The number of urea groups is 1. The Labute approximate surface area is 98.4 Å². The lowest BCUT2D eigenvalue weighted by Gasteiger charge is -2.07. The van der Waals surface area contributed by atoms with Crippen molar-refractivity contribution in [2.45, 2.75) is 34.1 Å². The summed E-state index contributed by atoms with van der Waals surface area (Å²) in [6.45, 7) is 10.2. The van der Waals surface area contributed by atoms with E-state index >= 15 is 0 Å². The van der Waals surface area contributed by atoms with Crippen LogP contribution in [0.5, 0.6) is 0 Å². The fraction of sp³-hybridized carbons (Fsp3) is 0.750. The van der Waals surface area contributed by atoms with Crippen molar-refractivity contribution in [3.05, 3.63) is 11.8 Å². The first-order valence-corrected chi connectivity index (χ1v) is 5.86. The van der Waals surface area contributed by atoms with E-state index < -0.39 is 0 Å². The number of hydrogen-bond donors (Lipinski definition) is 2. The standard InChI is InChI=1S/C12H24N2O2/c1-5-16-8-6-7-13-12(15)14-9-11(4)10(2)3/h9-10H,5-8H2,1-4H3,(H2,13,14,15)/b11-9+. The normalized spacial score (nSPS) is 11.7. The van der Waals surface area contributed by atoms with Crippen molar-refractivity contribution in [2.75, 3.05) is 19.8 Å². The minimum atomic E-state index is -0.156. The molecule has 0 aliphatic heterocycles. The second kappa shape index (κ2) is 9.21. The van der Waals surface area contributed by atoms with Gasteiger partial charge < -0.3 is 15.4 Å². The summed E-state index contributed by atoms with van der Waals surface area (Å²) < 4.78 is 5.16. The number of allylic oxidation sites excluding steroid dienone is 1. The first kappa shape index (κ1) is 15.0. The topological polar surface area (TPSA) is 50.4 Å². The molecule has 0 aliphatic carbocycles. The van der Waals surface area contributed by atoms with Crippen LogP contribution < -0.4 is 10.6 Å².